The molecule has 0 aliphatic heterocycles. The van der Waals surface area contributed by atoms with Crippen LogP contribution in [0.3, 0.4) is 0 Å². The number of hydrogen-bond donors (Lipinski definition) is 1. The topological polar surface area (TPSA) is 68.5 Å². The molecule has 5 nitrogen and oxygen atoms in total. The Bertz CT molecular complexity index is 922. The number of aromatic nitrogens is 1. The third-order valence-electron chi connectivity index (χ3n) is 3.95. The molecule has 3 rings (SSSR count). The number of carbonyl (C=O) groups is 2. The summed E-state index contributed by atoms with van der Waals surface area (Å²) in [6.45, 7) is 1.95. The van der Waals surface area contributed by atoms with E-state index in [0.717, 1.165) is 5.56 Å². The van der Waals surface area contributed by atoms with Gasteiger partial charge in [0.15, 0.2) is 0 Å². The van der Waals surface area contributed by atoms with Crippen molar-refractivity contribution in [1.29, 1.82) is 0 Å². The van der Waals surface area contributed by atoms with Crippen LogP contribution in [-0.2, 0) is 11.2 Å². The summed E-state index contributed by atoms with van der Waals surface area (Å²) in [4.78, 5) is 23.9. The number of ether oxygens (including phenoxy) is 1. The number of nitrogens with zero attached hydrogens (tertiary/aromatic N) is 1. The Kier molecular flexibility index (Phi) is 4.08. The minimum atomic E-state index is -0.945. The van der Waals surface area contributed by atoms with E-state index in [2.05, 4.69) is 0 Å². The van der Waals surface area contributed by atoms with E-state index in [0.29, 0.717) is 27.8 Å². The number of carboxylic acids is 1. The molecule has 0 spiro atoms. The van der Waals surface area contributed by atoms with E-state index in [9.17, 15) is 9.59 Å². The number of methoxy groups -OCH3 is 1. The van der Waals surface area contributed by atoms with Crippen LogP contribution in [-0.4, -0.2) is 28.7 Å². The van der Waals surface area contributed by atoms with Crippen LogP contribution in [0, 0.1) is 6.92 Å². The van der Waals surface area contributed by atoms with Gasteiger partial charge in [-0.25, -0.2) is 0 Å². The van der Waals surface area contributed by atoms with Gasteiger partial charge < -0.3 is 9.84 Å². The van der Waals surface area contributed by atoms with E-state index in [4.69, 9.17) is 9.84 Å². The first-order valence-electron chi connectivity index (χ1n) is 7.50. The van der Waals surface area contributed by atoms with Gasteiger partial charge in [0, 0.05) is 17.1 Å². The number of benzene rings is 2. The lowest BCUT2D eigenvalue weighted by Crippen LogP contribution is -2.10. The molecule has 0 saturated heterocycles. The molecule has 1 heterocycles. The Morgan fingerprint density at radius 2 is 1.83 bits per heavy atom. The molecule has 1 N–H and O–H groups in total. The molecule has 122 valence electrons. The first-order chi connectivity index (χ1) is 11.5. The first-order valence-corrected chi connectivity index (χ1v) is 7.50. The van der Waals surface area contributed by atoms with Crippen LogP contribution in [0.25, 0.3) is 10.9 Å². The summed E-state index contributed by atoms with van der Waals surface area (Å²) in [6.07, 6.45) is 1.44. The molecule has 0 fully saturated rings. The van der Waals surface area contributed by atoms with Gasteiger partial charge in [0.1, 0.15) is 5.75 Å². The lowest BCUT2D eigenvalue weighted by atomic mass is 10.1. The van der Waals surface area contributed by atoms with Crippen molar-refractivity contribution < 1.29 is 19.4 Å². The van der Waals surface area contributed by atoms with Gasteiger partial charge in [-0.2, -0.15) is 0 Å². The smallest absolute Gasteiger partial charge is 0.307 e. The number of aliphatic carboxylic acids is 1. The van der Waals surface area contributed by atoms with E-state index in [-0.39, 0.29) is 12.3 Å². The monoisotopic (exact) mass is 323 g/mol. The molecule has 1 aromatic heterocycles. The molecule has 0 bridgehead atoms. The number of fused-ring (bicyclic) bond motifs is 1. The molecule has 0 aliphatic rings. The van der Waals surface area contributed by atoms with E-state index >= 15 is 0 Å². The molecule has 5 heteroatoms. The van der Waals surface area contributed by atoms with Gasteiger partial charge in [-0.3, -0.25) is 14.2 Å². The predicted octanol–water partition coefficient (Wildman–Crippen LogP) is 3.27. The summed E-state index contributed by atoms with van der Waals surface area (Å²) in [5, 5.41) is 9.83. The summed E-state index contributed by atoms with van der Waals surface area (Å²) < 4.78 is 6.71. The van der Waals surface area contributed by atoms with Crippen LogP contribution in [0.1, 0.15) is 21.5 Å². The summed E-state index contributed by atoms with van der Waals surface area (Å²) in [6, 6.07) is 12.6. The van der Waals surface area contributed by atoms with Gasteiger partial charge in [0.2, 0.25) is 0 Å². The molecule has 24 heavy (non-hydrogen) atoms. The normalized spacial score (nSPS) is 10.8. The van der Waals surface area contributed by atoms with Crippen molar-refractivity contribution in [2.45, 2.75) is 13.3 Å². The predicted molar refractivity (Wildman–Crippen MR) is 90.7 cm³/mol. The molecule has 0 atom stereocenters. The highest BCUT2D eigenvalue weighted by atomic mass is 16.5. The van der Waals surface area contributed by atoms with Crippen LogP contribution >= 0.6 is 0 Å². The van der Waals surface area contributed by atoms with Crippen LogP contribution in [0.4, 0.5) is 0 Å². The van der Waals surface area contributed by atoms with Gasteiger partial charge in [0.25, 0.3) is 5.91 Å². The number of carbonyl (C=O) groups excluding carboxylic acids is 1. The SMILES string of the molecule is COc1ccc2c(c1)c(CC(=O)O)cn2C(=O)c1ccc(C)cc1. The number of rotatable bonds is 4. The zero-order chi connectivity index (χ0) is 17.3. The van der Waals surface area contributed by atoms with Crippen molar-refractivity contribution >= 4 is 22.8 Å². The Morgan fingerprint density at radius 3 is 2.46 bits per heavy atom. The lowest BCUT2D eigenvalue weighted by Gasteiger charge is -2.05. The van der Waals surface area contributed by atoms with E-state index < -0.39 is 5.97 Å². The second-order valence-electron chi connectivity index (χ2n) is 5.65. The average Bonchev–Trinajstić information content (AvgIpc) is 2.92. The van der Waals surface area contributed by atoms with Crippen molar-refractivity contribution in [3.05, 3.63) is 65.4 Å². The molecule has 0 radical (unpaired) electrons. The van der Waals surface area contributed by atoms with Gasteiger partial charge >= 0.3 is 5.97 Å². The molecular weight excluding hydrogens is 306 g/mol. The van der Waals surface area contributed by atoms with Gasteiger partial charge in [0.05, 0.1) is 19.0 Å². The summed E-state index contributed by atoms with van der Waals surface area (Å²) in [7, 11) is 1.55. The largest absolute Gasteiger partial charge is 0.497 e. The maximum atomic E-state index is 12.8. The highest BCUT2D eigenvalue weighted by Gasteiger charge is 2.17. The van der Waals surface area contributed by atoms with Gasteiger partial charge in [-0.05, 0) is 42.8 Å². The molecule has 0 amide bonds. The van der Waals surface area contributed by atoms with Gasteiger partial charge in [-0.15, -0.1) is 0 Å². The fourth-order valence-corrected chi connectivity index (χ4v) is 2.71. The van der Waals surface area contributed by atoms with Crippen molar-refractivity contribution in [3.8, 4) is 5.75 Å². The minimum Gasteiger partial charge on any atom is -0.497 e. The van der Waals surface area contributed by atoms with Crippen LogP contribution in [0.5, 0.6) is 5.75 Å². The Labute approximate surface area is 139 Å². The summed E-state index contributed by atoms with van der Waals surface area (Å²) in [5.74, 6) is -0.517. The average molecular weight is 323 g/mol. The quantitative estimate of drug-likeness (QED) is 0.800. The lowest BCUT2D eigenvalue weighted by molar-refractivity contribution is -0.136. The maximum absolute atomic E-state index is 12.8. The third-order valence-corrected chi connectivity index (χ3v) is 3.95. The third kappa shape index (κ3) is 2.88. The Morgan fingerprint density at radius 1 is 1.12 bits per heavy atom. The molecule has 0 aliphatic carbocycles. The van der Waals surface area contributed by atoms with Crippen LogP contribution < -0.4 is 4.74 Å². The minimum absolute atomic E-state index is 0.155. The number of carboxylic acid groups (broad SMARTS) is 1. The molecule has 0 unspecified atom stereocenters. The van der Waals surface area contributed by atoms with Crippen molar-refractivity contribution in [2.24, 2.45) is 0 Å². The Hall–Kier alpha value is -3.08. The zero-order valence-electron chi connectivity index (χ0n) is 13.4. The first kappa shape index (κ1) is 15.8. The highest BCUT2D eigenvalue weighted by molar-refractivity contribution is 6.03. The molecule has 2 aromatic carbocycles. The second-order valence-corrected chi connectivity index (χ2v) is 5.65. The fraction of sp³-hybridized carbons (Fsp3) is 0.158. The molecule has 0 saturated carbocycles. The molecular formula is C19H17NO4. The number of aryl methyl sites for hydroxylation is 1. The van der Waals surface area contributed by atoms with Crippen molar-refractivity contribution in [3.63, 3.8) is 0 Å². The van der Waals surface area contributed by atoms with E-state index in [1.54, 1.807) is 43.6 Å². The van der Waals surface area contributed by atoms with Crippen LogP contribution in [0.15, 0.2) is 48.7 Å². The summed E-state index contributed by atoms with van der Waals surface area (Å²) >= 11 is 0. The van der Waals surface area contributed by atoms with Crippen molar-refractivity contribution in [2.75, 3.05) is 7.11 Å². The van der Waals surface area contributed by atoms with Crippen LogP contribution in [0.2, 0.25) is 0 Å². The van der Waals surface area contributed by atoms with E-state index in [1.807, 2.05) is 19.1 Å². The summed E-state index contributed by atoms with van der Waals surface area (Å²) in [5.41, 5.74) is 2.87. The second kappa shape index (κ2) is 6.20. The Balaban J connectivity index is 2.15. The zero-order valence-corrected chi connectivity index (χ0v) is 13.4. The van der Waals surface area contributed by atoms with Crippen molar-refractivity contribution in [1.82, 2.24) is 4.57 Å². The molecule has 3 aromatic rings. The maximum Gasteiger partial charge on any atom is 0.307 e. The van der Waals surface area contributed by atoms with E-state index in [1.165, 1.54) is 4.57 Å². The highest BCUT2D eigenvalue weighted by Crippen LogP contribution is 2.27. The number of hydrogen-bond acceptors (Lipinski definition) is 3. The van der Waals surface area contributed by atoms with Gasteiger partial charge in [-0.1, -0.05) is 17.7 Å². The fourth-order valence-electron chi connectivity index (χ4n) is 2.71. The standard InChI is InChI=1S/C19H17NO4/c1-12-3-5-13(6-4-12)19(23)20-11-14(9-18(21)22)16-10-15(24-2)7-8-17(16)20/h3-8,10-11H,9H2,1-2H3,(H,21,22).